The van der Waals surface area contributed by atoms with Gasteiger partial charge in [-0.3, -0.25) is 0 Å². The first kappa shape index (κ1) is 8.05. The summed E-state index contributed by atoms with van der Waals surface area (Å²) in [6.07, 6.45) is 7.24. The predicted octanol–water partition coefficient (Wildman–Crippen LogP) is -0.862. The molecular weight excluding hydrogens is 158 g/mol. The number of aromatic nitrogens is 7. The maximum Gasteiger partial charge on any atom is 0.119 e. The third-order valence-electron chi connectivity index (χ3n) is 0.743. The van der Waals surface area contributed by atoms with Crippen molar-refractivity contribution in [1.82, 2.24) is 35.6 Å². The molecule has 0 radical (unpaired) electrons. The van der Waals surface area contributed by atoms with Gasteiger partial charge < -0.3 is 0 Å². The van der Waals surface area contributed by atoms with E-state index < -0.39 is 0 Å². The summed E-state index contributed by atoms with van der Waals surface area (Å²) >= 11 is 0. The molecule has 0 unspecified atom stereocenters. The lowest BCUT2D eigenvalue weighted by atomic mass is 11.0. The number of nitrogens with zero attached hydrogens (tertiary/aromatic N) is 7. The molecule has 0 spiro atoms. The van der Waals surface area contributed by atoms with Crippen molar-refractivity contribution in [1.29, 1.82) is 0 Å². The van der Waals surface area contributed by atoms with Crippen LogP contribution in [0.2, 0.25) is 0 Å². The summed E-state index contributed by atoms with van der Waals surface area (Å²) in [5, 5.41) is 13.1. The first-order valence-electron chi connectivity index (χ1n) is 3.00. The van der Waals surface area contributed by atoms with Gasteiger partial charge in [-0.25, -0.2) is 15.0 Å². The second kappa shape index (κ2) is 5.71. The van der Waals surface area contributed by atoms with E-state index in [1.54, 1.807) is 0 Å². The van der Waals surface area contributed by atoms with Gasteiger partial charge >= 0.3 is 0 Å². The number of rotatable bonds is 0. The van der Waals surface area contributed by atoms with Crippen LogP contribution in [0, 0.1) is 0 Å². The van der Waals surface area contributed by atoms with Crippen molar-refractivity contribution < 1.29 is 0 Å². The first-order valence-corrected chi connectivity index (χ1v) is 3.00. The average Bonchev–Trinajstić information content (AvgIpc) is 2.24. The Bertz CT molecular complexity index is 187. The highest BCUT2D eigenvalue weighted by Crippen LogP contribution is 1.57. The lowest BCUT2D eigenvalue weighted by molar-refractivity contribution is 0.761. The predicted molar refractivity (Wildman–Crippen MR) is 37.4 cm³/mol. The van der Waals surface area contributed by atoms with Crippen LogP contribution in [-0.2, 0) is 0 Å². The average molecular weight is 163 g/mol. The van der Waals surface area contributed by atoms with Crippen LogP contribution in [0.1, 0.15) is 0 Å². The molecule has 12 heavy (non-hydrogen) atoms. The molecule has 0 saturated carbocycles. The van der Waals surface area contributed by atoms with Crippen molar-refractivity contribution in [3.8, 4) is 0 Å². The lowest BCUT2D eigenvalue weighted by Gasteiger charge is -1.69. The first-order chi connectivity index (χ1) is 6.00. The van der Waals surface area contributed by atoms with Crippen LogP contribution >= 0.6 is 0 Å². The lowest BCUT2D eigenvalue weighted by Crippen LogP contribution is -1.84. The van der Waals surface area contributed by atoms with Crippen LogP contribution in [0.3, 0.4) is 0 Å². The highest BCUT2D eigenvalue weighted by molar-refractivity contribution is 4.53. The Balaban J connectivity index is 0.000000120. The zero-order chi connectivity index (χ0) is 8.49. The van der Waals surface area contributed by atoms with Crippen molar-refractivity contribution in [2.24, 2.45) is 0 Å². The molecule has 2 rings (SSSR count). The summed E-state index contributed by atoms with van der Waals surface area (Å²) < 4.78 is 0. The van der Waals surface area contributed by atoms with E-state index in [1.807, 2.05) is 0 Å². The Hall–Kier alpha value is -2.05. The second-order valence-electron chi connectivity index (χ2n) is 1.50. The Kier molecular flexibility index (Phi) is 3.83. The highest BCUT2D eigenvalue weighted by atomic mass is 15.4. The molecule has 0 aliphatic carbocycles. The van der Waals surface area contributed by atoms with E-state index >= 15 is 0 Å². The smallest absolute Gasteiger partial charge is 0.119 e. The van der Waals surface area contributed by atoms with Gasteiger partial charge in [0.25, 0.3) is 0 Å². The van der Waals surface area contributed by atoms with Crippen molar-refractivity contribution in [2.75, 3.05) is 0 Å². The minimum atomic E-state index is 1.44. The molecule has 2 aromatic heterocycles. The summed E-state index contributed by atoms with van der Waals surface area (Å²) in [5.41, 5.74) is 0. The Morgan fingerprint density at radius 2 is 1.00 bits per heavy atom. The standard InChI is InChI=1S/C3H3N3.C2H2N4/c1-4-2-6-3-5-1;1-2-4-6-5-3-1/h1-3H;1-2H. The minimum Gasteiger partial charge on any atom is -0.225 e. The topological polar surface area (TPSA) is 90.2 Å². The largest absolute Gasteiger partial charge is 0.225 e. The second-order valence-corrected chi connectivity index (χ2v) is 1.50. The quantitative estimate of drug-likeness (QED) is 0.499. The summed E-state index contributed by atoms with van der Waals surface area (Å²) in [4.78, 5) is 10.7. The fourth-order valence-corrected chi connectivity index (χ4v) is 0.370. The molecule has 60 valence electrons. The molecule has 0 aliphatic heterocycles. The van der Waals surface area contributed by atoms with Crippen LogP contribution < -0.4 is 0 Å². The SMILES string of the molecule is c1cnnnn1.c1ncncn1. The van der Waals surface area contributed by atoms with E-state index in [2.05, 4.69) is 35.6 Å². The van der Waals surface area contributed by atoms with Gasteiger partial charge in [0.1, 0.15) is 19.0 Å². The van der Waals surface area contributed by atoms with Crippen LogP contribution in [-0.4, -0.2) is 35.6 Å². The normalized spacial score (nSPS) is 8.00. The van der Waals surface area contributed by atoms with E-state index in [4.69, 9.17) is 0 Å². The van der Waals surface area contributed by atoms with E-state index in [9.17, 15) is 0 Å². The molecule has 0 fully saturated rings. The van der Waals surface area contributed by atoms with Crippen LogP contribution in [0.25, 0.3) is 0 Å². The van der Waals surface area contributed by atoms with Gasteiger partial charge in [0.15, 0.2) is 0 Å². The zero-order valence-corrected chi connectivity index (χ0v) is 6.02. The van der Waals surface area contributed by atoms with Gasteiger partial charge in [-0.15, -0.1) is 10.2 Å². The maximum atomic E-state index is 3.56. The molecule has 0 aromatic carbocycles. The van der Waals surface area contributed by atoms with E-state index in [1.165, 1.54) is 31.4 Å². The molecular formula is C5H5N7. The van der Waals surface area contributed by atoms with Crippen LogP contribution in [0.15, 0.2) is 31.4 Å². The molecule has 7 heteroatoms. The molecule has 7 nitrogen and oxygen atoms in total. The van der Waals surface area contributed by atoms with Crippen LogP contribution in [0.4, 0.5) is 0 Å². The fourth-order valence-electron chi connectivity index (χ4n) is 0.370. The molecule has 0 bridgehead atoms. The van der Waals surface area contributed by atoms with E-state index in [0.29, 0.717) is 0 Å². The van der Waals surface area contributed by atoms with E-state index in [-0.39, 0.29) is 0 Å². The Labute approximate surface area is 67.9 Å². The Morgan fingerprint density at radius 3 is 1.17 bits per heavy atom. The van der Waals surface area contributed by atoms with Gasteiger partial charge in [-0.2, -0.15) is 0 Å². The summed E-state index contributed by atoms with van der Waals surface area (Å²) in [6.45, 7) is 0. The zero-order valence-electron chi connectivity index (χ0n) is 6.02. The van der Waals surface area contributed by atoms with Crippen molar-refractivity contribution in [3.05, 3.63) is 31.4 Å². The molecule has 0 atom stereocenters. The molecule has 0 saturated heterocycles. The maximum absolute atomic E-state index is 3.56. The summed E-state index contributed by atoms with van der Waals surface area (Å²) in [7, 11) is 0. The monoisotopic (exact) mass is 163 g/mol. The van der Waals surface area contributed by atoms with Gasteiger partial charge in [0, 0.05) is 0 Å². The van der Waals surface area contributed by atoms with Crippen molar-refractivity contribution >= 4 is 0 Å². The van der Waals surface area contributed by atoms with Crippen molar-refractivity contribution in [3.63, 3.8) is 0 Å². The molecule has 2 aromatic rings. The molecule has 2 heterocycles. The third kappa shape index (κ3) is 3.88. The summed E-state index contributed by atoms with van der Waals surface area (Å²) in [5.74, 6) is 0. The van der Waals surface area contributed by atoms with Crippen molar-refractivity contribution in [2.45, 2.75) is 0 Å². The third-order valence-corrected chi connectivity index (χ3v) is 0.743. The minimum absolute atomic E-state index is 1.44. The number of hydrogen-bond acceptors (Lipinski definition) is 7. The van der Waals surface area contributed by atoms with Gasteiger partial charge in [-0.05, 0) is 10.4 Å². The van der Waals surface area contributed by atoms with Gasteiger partial charge in [0.2, 0.25) is 0 Å². The highest BCUT2D eigenvalue weighted by Gasteiger charge is 1.61. The van der Waals surface area contributed by atoms with Gasteiger partial charge in [0.05, 0.1) is 12.4 Å². The van der Waals surface area contributed by atoms with Crippen LogP contribution in [0.5, 0.6) is 0 Å². The summed E-state index contributed by atoms with van der Waals surface area (Å²) in [6, 6.07) is 0. The molecule has 0 aliphatic rings. The van der Waals surface area contributed by atoms with E-state index in [0.717, 1.165) is 0 Å². The molecule has 0 N–H and O–H groups in total. The number of hydrogen-bond donors (Lipinski definition) is 0. The fraction of sp³-hybridized carbons (Fsp3) is 0. The molecule has 0 amide bonds. The van der Waals surface area contributed by atoms with Gasteiger partial charge in [-0.1, -0.05) is 0 Å². The Morgan fingerprint density at radius 1 is 0.583 bits per heavy atom.